The van der Waals surface area contributed by atoms with E-state index in [-0.39, 0.29) is 16.2 Å². The Kier molecular flexibility index (Phi) is 8.35. The molecule has 0 heterocycles. The van der Waals surface area contributed by atoms with Gasteiger partial charge in [0.05, 0.1) is 5.69 Å². The molecule has 308 valence electrons. The van der Waals surface area contributed by atoms with Gasteiger partial charge in [-0.3, -0.25) is 0 Å². The van der Waals surface area contributed by atoms with Gasteiger partial charge in [0.25, 0.3) is 0 Å². The molecule has 64 heavy (non-hydrogen) atoms. The predicted molar refractivity (Wildman–Crippen MR) is 270 cm³/mol. The average Bonchev–Trinajstić information content (AvgIpc) is 3.82. The molecule has 3 aliphatic rings. The molecule has 0 saturated heterocycles. The number of rotatable bonds is 6. The van der Waals surface area contributed by atoms with E-state index in [9.17, 15) is 0 Å². The van der Waals surface area contributed by atoms with Gasteiger partial charge >= 0.3 is 0 Å². The van der Waals surface area contributed by atoms with E-state index in [1.54, 1.807) is 0 Å². The van der Waals surface area contributed by atoms with Crippen LogP contribution in [0.4, 0.5) is 17.1 Å². The third kappa shape index (κ3) is 5.43. The largest absolute Gasteiger partial charge is 0.310 e. The molecule has 0 bridgehead atoms. The van der Waals surface area contributed by atoms with Gasteiger partial charge < -0.3 is 4.90 Å². The monoisotopic (exact) mass is 821 g/mol. The second-order valence-electron chi connectivity index (χ2n) is 19.6. The molecule has 0 spiro atoms. The van der Waals surface area contributed by atoms with Crippen molar-refractivity contribution < 1.29 is 0 Å². The molecular formula is C63H51N. The first kappa shape index (κ1) is 38.5. The quantitative estimate of drug-likeness (QED) is 0.161. The zero-order chi connectivity index (χ0) is 43.5. The second kappa shape index (κ2) is 13.9. The Labute approximate surface area is 378 Å². The van der Waals surface area contributed by atoms with Crippen LogP contribution in [0.5, 0.6) is 0 Å². The van der Waals surface area contributed by atoms with Crippen LogP contribution in [0.2, 0.25) is 0 Å². The first-order valence-corrected chi connectivity index (χ1v) is 22.9. The highest BCUT2D eigenvalue weighted by Crippen LogP contribution is 2.59. The highest BCUT2D eigenvalue weighted by molar-refractivity contribution is 6.05. The lowest BCUT2D eigenvalue weighted by Gasteiger charge is -2.32. The Bertz CT molecular complexity index is 3340. The molecule has 0 atom stereocenters. The van der Waals surface area contributed by atoms with Gasteiger partial charge in [0.2, 0.25) is 0 Å². The molecule has 0 aromatic heterocycles. The van der Waals surface area contributed by atoms with Gasteiger partial charge in [-0.25, -0.2) is 0 Å². The van der Waals surface area contributed by atoms with Crippen LogP contribution in [0.3, 0.4) is 0 Å². The predicted octanol–water partition coefficient (Wildman–Crippen LogP) is 17.1. The molecule has 0 amide bonds. The lowest BCUT2D eigenvalue weighted by atomic mass is 9.77. The van der Waals surface area contributed by atoms with Gasteiger partial charge in [-0.1, -0.05) is 211 Å². The summed E-state index contributed by atoms with van der Waals surface area (Å²) < 4.78 is 0. The van der Waals surface area contributed by atoms with E-state index in [1.807, 2.05) is 0 Å². The minimum Gasteiger partial charge on any atom is -0.310 e. The molecule has 12 rings (SSSR count). The maximum atomic E-state index is 2.54. The van der Waals surface area contributed by atoms with Crippen molar-refractivity contribution in [3.63, 3.8) is 0 Å². The average molecular weight is 822 g/mol. The van der Waals surface area contributed by atoms with Crippen molar-refractivity contribution in [1.82, 2.24) is 0 Å². The fraction of sp³-hybridized carbons (Fsp3) is 0.143. The summed E-state index contributed by atoms with van der Waals surface area (Å²) in [5.74, 6) is 0. The van der Waals surface area contributed by atoms with E-state index in [1.165, 1.54) is 100 Å². The summed E-state index contributed by atoms with van der Waals surface area (Å²) in [6.07, 6.45) is 0. The van der Waals surface area contributed by atoms with Gasteiger partial charge in [-0.05, 0) is 125 Å². The van der Waals surface area contributed by atoms with Crippen molar-refractivity contribution in [3.05, 3.63) is 234 Å². The Morgan fingerprint density at radius 1 is 0.281 bits per heavy atom. The van der Waals surface area contributed by atoms with E-state index < -0.39 is 0 Å². The van der Waals surface area contributed by atoms with E-state index >= 15 is 0 Å². The van der Waals surface area contributed by atoms with Crippen LogP contribution in [0.1, 0.15) is 74.9 Å². The fourth-order valence-corrected chi connectivity index (χ4v) is 12.0. The highest BCUT2D eigenvalue weighted by atomic mass is 15.1. The van der Waals surface area contributed by atoms with Crippen molar-refractivity contribution in [2.24, 2.45) is 0 Å². The van der Waals surface area contributed by atoms with Crippen LogP contribution < -0.4 is 4.90 Å². The van der Waals surface area contributed by atoms with Crippen LogP contribution in [-0.4, -0.2) is 0 Å². The number of nitrogens with zero attached hydrogens (tertiary/aromatic N) is 1. The Morgan fingerprint density at radius 2 is 0.734 bits per heavy atom. The normalized spacial score (nSPS) is 15.1. The third-order valence-electron chi connectivity index (χ3n) is 15.1. The molecule has 0 saturated carbocycles. The summed E-state index contributed by atoms with van der Waals surface area (Å²) >= 11 is 0. The van der Waals surface area contributed by atoms with E-state index in [2.05, 4.69) is 247 Å². The first-order valence-electron chi connectivity index (χ1n) is 22.9. The molecular weight excluding hydrogens is 771 g/mol. The topological polar surface area (TPSA) is 3.24 Å². The smallest absolute Gasteiger partial charge is 0.0546 e. The molecule has 0 radical (unpaired) electrons. The van der Waals surface area contributed by atoms with Gasteiger partial charge in [0.15, 0.2) is 0 Å². The SMILES string of the molecule is CC1(C)c2ccccc2-c2ccc(N(c3ccc(-c4ccccc4)cc3)c3cccc(-c4cccc5c4C(C)(C)c4ccccc4-5)c3-c3cccc4c3-c3ccccc3C4(C)C)cc21. The van der Waals surface area contributed by atoms with E-state index in [0.717, 1.165) is 17.1 Å². The molecule has 9 aromatic carbocycles. The Morgan fingerprint density at radius 3 is 1.45 bits per heavy atom. The summed E-state index contributed by atoms with van der Waals surface area (Å²) in [5.41, 5.74) is 26.5. The number of fused-ring (bicyclic) bond motifs is 9. The third-order valence-corrected chi connectivity index (χ3v) is 15.1. The van der Waals surface area contributed by atoms with Crippen LogP contribution in [0.25, 0.3) is 66.8 Å². The van der Waals surface area contributed by atoms with Crippen molar-refractivity contribution in [1.29, 1.82) is 0 Å². The summed E-state index contributed by atoms with van der Waals surface area (Å²) in [7, 11) is 0. The summed E-state index contributed by atoms with van der Waals surface area (Å²) in [6, 6.07) is 75.3. The van der Waals surface area contributed by atoms with Crippen LogP contribution in [0, 0.1) is 0 Å². The Balaban J connectivity index is 1.17. The highest BCUT2D eigenvalue weighted by Gasteiger charge is 2.41. The molecule has 0 aliphatic heterocycles. The minimum absolute atomic E-state index is 0.151. The van der Waals surface area contributed by atoms with Crippen LogP contribution in [-0.2, 0) is 16.2 Å². The number of hydrogen-bond donors (Lipinski definition) is 0. The fourth-order valence-electron chi connectivity index (χ4n) is 12.0. The molecule has 0 unspecified atom stereocenters. The zero-order valence-corrected chi connectivity index (χ0v) is 37.5. The van der Waals surface area contributed by atoms with Gasteiger partial charge in [-0.15, -0.1) is 0 Å². The summed E-state index contributed by atoms with van der Waals surface area (Å²) in [6.45, 7) is 14.4. The maximum Gasteiger partial charge on any atom is 0.0546 e. The zero-order valence-electron chi connectivity index (χ0n) is 37.5. The van der Waals surface area contributed by atoms with E-state index in [0.29, 0.717) is 0 Å². The van der Waals surface area contributed by atoms with Crippen LogP contribution >= 0.6 is 0 Å². The molecule has 1 heteroatoms. The maximum absolute atomic E-state index is 2.54. The molecule has 1 nitrogen and oxygen atoms in total. The van der Waals surface area contributed by atoms with Crippen molar-refractivity contribution in [2.45, 2.75) is 57.8 Å². The lowest BCUT2D eigenvalue weighted by molar-refractivity contribution is 0.660. The van der Waals surface area contributed by atoms with Crippen LogP contribution in [0.15, 0.2) is 200 Å². The second-order valence-corrected chi connectivity index (χ2v) is 19.6. The van der Waals surface area contributed by atoms with E-state index in [4.69, 9.17) is 0 Å². The van der Waals surface area contributed by atoms with Gasteiger partial charge in [-0.2, -0.15) is 0 Å². The van der Waals surface area contributed by atoms with Crippen molar-refractivity contribution in [3.8, 4) is 66.8 Å². The summed E-state index contributed by atoms with van der Waals surface area (Å²) in [4.78, 5) is 2.54. The number of anilines is 3. The molecule has 9 aromatic rings. The van der Waals surface area contributed by atoms with Gasteiger partial charge in [0.1, 0.15) is 0 Å². The minimum atomic E-state index is -0.198. The number of benzene rings is 9. The Hall–Kier alpha value is -7.22. The van der Waals surface area contributed by atoms with Crippen molar-refractivity contribution in [2.75, 3.05) is 4.90 Å². The van der Waals surface area contributed by atoms with Gasteiger partial charge in [0, 0.05) is 33.2 Å². The van der Waals surface area contributed by atoms with Crippen molar-refractivity contribution >= 4 is 17.1 Å². The summed E-state index contributed by atoms with van der Waals surface area (Å²) in [5, 5.41) is 0. The lowest BCUT2D eigenvalue weighted by Crippen LogP contribution is -2.18. The molecule has 0 N–H and O–H groups in total. The molecule has 0 fully saturated rings. The molecule has 3 aliphatic carbocycles. The standard InChI is InChI=1S/C63H51N/c1-61(2)54-30-15-12-23-50(54)58-51(27-17-31-55(58)61)59-47(49-26-16-25-48-45-22-11-14-29-53(45)63(5,6)60(48)49)24-18-32-57(59)64(42-35-33-41(34-36-42)40-19-8-7-9-20-40)43-37-38-46-44-21-10-13-28-52(44)62(3,4)56(46)39-43/h7-39H,1-6H3. The number of hydrogen-bond acceptors (Lipinski definition) is 1. The first-order chi connectivity index (χ1) is 31.0.